The first-order chi connectivity index (χ1) is 12.7. The predicted molar refractivity (Wildman–Crippen MR) is 104 cm³/mol. The highest BCUT2D eigenvalue weighted by molar-refractivity contribution is 5.95. The predicted octanol–water partition coefficient (Wildman–Crippen LogP) is 3.58. The molecule has 4 nitrogen and oxygen atoms in total. The van der Waals surface area contributed by atoms with Gasteiger partial charge in [-0.1, -0.05) is 48.5 Å². The molecule has 0 radical (unpaired) electrons. The molecule has 1 saturated heterocycles. The van der Waals surface area contributed by atoms with Crippen LogP contribution in [0.3, 0.4) is 0 Å². The first kappa shape index (κ1) is 18.6. The van der Waals surface area contributed by atoms with Gasteiger partial charge in [0, 0.05) is 25.2 Å². The van der Waals surface area contributed by atoms with E-state index >= 15 is 0 Å². The number of ether oxygens (including phenoxy) is 1. The van der Waals surface area contributed by atoms with Crippen molar-refractivity contribution in [1.29, 1.82) is 0 Å². The third-order valence-electron chi connectivity index (χ3n) is 4.90. The minimum absolute atomic E-state index is 0.0265. The number of hydrogen-bond donors (Lipinski definition) is 1. The number of unbranched alkanes of at least 4 members (excludes halogenated alkanes) is 1. The average molecular weight is 352 g/mol. The summed E-state index contributed by atoms with van der Waals surface area (Å²) in [7, 11) is 0. The van der Waals surface area contributed by atoms with Crippen LogP contribution in [0.2, 0.25) is 0 Å². The Kier molecular flexibility index (Phi) is 6.81. The molecule has 2 aromatic rings. The van der Waals surface area contributed by atoms with E-state index in [1.165, 1.54) is 5.56 Å². The van der Waals surface area contributed by atoms with Crippen molar-refractivity contribution in [2.45, 2.75) is 25.9 Å². The van der Waals surface area contributed by atoms with Crippen LogP contribution in [0.5, 0.6) is 0 Å². The molecule has 4 heteroatoms. The molecule has 1 aliphatic heterocycles. The van der Waals surface area contributed by atoms with Gasteiger partial charge in [0.15, 0.2) is 0 Å². The maximum Gasteiger partial charge on any atom is 0.251 e. The molecule has 1 aliphatic rings. The summed E-state index contributed by atoms with van der Waals surface area (Å²) in [5.74, 6) is 0.0265. The second-order valence-corrected chi connectivity index (χ2v) is 6.85. The molecule has 1 fully saturated rings. The third kappa shape index (κ3) is 5.16. The zero-order chi connectivity index (χ0) is 18.2. The molecule has 1 atom stereocenters. The van der Waals surface area contributed by atoms with E-state index in [1.807, 2.05) is 37.3 Å². The van der Waals surface area contributed by atoms with E-state index in [9.17, 15) is 4.79 Å². The zero-order valence-corrected chi connectivity index (χ0v) is 15.5. The molecular formula is C22H28N2O2. The van der Waals surface area contributed by atoms with E-state index in [0.29, 0.717) is 0 Å². The van der Waals surface area contributed by atoms with Gasteiger partial charge in [-0.2, -0.15) is 0 Å². The van der Waals surface area contributed by atoms with Crippen LogP contribution < -0.4 is 5.32 Å². The van der Waals surface area contributed by atoms with Crippen molar-refractivity contribution in [3.63, 3.8) is 0 Å². The Balaban J connectivity index is 1.36. The second-order valence-electron chi connectivity index (χ2n) is 6.85. The molecule has 3 rings (SSSR count). The number of carbonyl (C=O) groups excluding carboxylic acids is 1. The Labute approximate surface area is 156 Å². The molecule has 0 aliphatic carbocycles. The summed E-state index contributed by atoms with van der Waals surface area (Å²) in [6.45, 7) is 6.45. The number of benzene rings is 2. The largest absolute Gasteiger partial charge is 0.371 e. The zero-order valence-electron chi connectivity index (χ0n) is 15.5. The van der Waals surface area contributed by atoms with Gasteiger partial charge in [0.1, 0.15) is 0 Å². The van der Waals surface area contributed by atoms with Gasteiger partial charge in [-0.15, -0.1) is 0 Å². The highest BCUT2D eigenvalue weighted by Gasteiger charge is 2.21. The molecule has 1 unspecified atom stereocenters. The Morgan fingerprint density at radius 3 is 2.69 bits per heavy atom. The van der Waals surface area contributed by atoms with Gasteiger partial charge < -0.3 is 10.1 Å². The number of rotatable bonds is 7. The number of nitrogens with one attached hydrogen (secondary N) is 1. The number of amides is 1. The molecule has 0 saturated carbocycles. The molecule has 1 N–H and O–H groups in total. The van der Waals surface area contributed by atoms with Gasteiger partial charge in [-0.25, -0.2) is 0 Å². The summed E-state index contributed by atoms with van der Waals surface area (Å²) in [5, 5.41) is 3.03. The van der Waals surface area contributed by atoms with Crippen LogP contribution in [0, 0.1) is 6.92 Å². The molecule has 0 spiro atoms. The first-order valence-electron chi connectivity index (χ1n) is 9.47. The smallest absolute Gasteiger partial charge is 0.251 e. The fraction of sp³-hybridized carbons (Fsp3) is 0.409. The lowest BCUT2D eigenvalue weighted by atomic mass is 10.1. The topological polar surface area (TPSA) is 41.6 Å². The van der Waals surface area contributed by atoms with E-state index in [-0.39, 0.29) is 12.0 Å². The fourth-order valence-electron chi connectivity index (χ4n) is 3.36. The van der Waals surface area contributed by atoms with Crippen molar-refractivity contribution in [1.82, 2.24) is 10.2 Å². The summed E-state index contributed by atoms with van der Waals surface area (Å²) in [6.07, 6.45) is 2.24. The molecule has 0 bridgehead atoms. The Morgan fingerprint density at radius 1 is 1.12 bits per heavy atom. The van der Waals surface area contributed by atoms with E-state index < -0.39 is 0 Å². The normalized spacial score (nSPS) is 17.8. The lowest BCUT2D eigenvalue weighted by Gasteiger charge is -2.33. The minimum Gasteiger partial charge on any atom is -0.371 e. The van der Waals surface area contributed by atoms with Gasteiger partial charge in [0.05, 0.1) is 12.7 Å². The van der Waals surface area contributed by atoms with Crippen molar-refractivity contribution in [3.05, 3.63) is 71.3 Å². The summed E-state index contributed by atoms with van der Waals surface area (Å²) < 4.78 is 5.91. The number of hydrogen-bond acceptors (Lipinski definition) is 3. The van der Waals surface area contributed by atoms with Crippen LogP contribution >= 0.6 is 0 Å². The molecule has 26 heavy (non-hydrogen) atoms. The SMILES string of the molecule is Cc1ccccc1C(=O)NCCCCN1CCOC(c2ccccc2)C1. The number of morpholine rings is 1. The molecule has 1 heterocycles. The van der Waals surface area contributed by atoms with E-state index in [1.54, 1.807) is 0 Å². The van der Waals surface area contributed by atoms with Gasteiger partial charge >= 0.3 is 0 Å². The van der Waals surface area contributed by atoms with E-state index in [2.05, 4.69) is 34.5 Å². The fourth-order valence-corrected chi connectivity index (χ4v) is 3.36. The number of nitrogens with zero attached hydrogens (tertiary/aromatic N) is 1. The highest BCUT2D eigenvalue weighted by Crippen LogP contribution is 2.21. The molecule has 1 amide bonds. The molecule has 0 aromatic heterocycles. The lowest BCUT2D eigenvalue weighted by molar-refractivity contribution is -0.0303. The Bertz CT molecular complexity index is 702. The first-order valence-corrected chi connectivity index (χ1v) is 9.47. The third-order valence-corrected chi connectivity index (χ3v) is 4.90. The number of carbonyl (C=O) groups is 1. The second kappa shape index (κ2) is 9.51. The monoisotopic (exact) mass is 352 g/mol. The molecule has 138 valence electrons. The Hall–Kier alpha value is -2.17. The van der Waals surface area contributed by atoms with Crippen molar-refractivity contribution in [2.24, 2.45) is 0 Å². The average Bonchev–Trinajstić information content (AvgIpc) is 2.69. The summed E-state index contributed by atoms with van der Waals surface area (Å²) >= 11 is 0. The van der Waals surface area contributed by atoms with E-state index in [0.717, 1.165) is 56.8 Å². The number of aryl methyl sites for hydroxylation is 1. The van der Waals surface area contributed by atoms with Crippen molar-refractivity contribution >= 4 is 5.91 Å². The van der Waals surface area contributed by atoms with Crippen LogP contribution in [0.1, 0.15) is 40.4 Å². The summed E-state index contributed by atoms with van der Waals surface area (Å²) in [6, 6.07) is 18.1. The molecule has 2 aromatic carbocycles. The highest BCUT2D eigenvalue weighted by atomic mass is 16.5. The van der Waals surface area contributed by atoms with Crippen molar-refractivity contribution in [3.8, 4) is 0 Å². The standard InChI is InChI=1S/C22H28N2O2/c1-18-9-5-6-12-20(18)22(25)23-13-7-8-14-24-15-16-26-21(17-24)19-10-3-2-4-11-19/h2-6,9-12,21H,7-8,13-17H2,1H3,(H,23,25). The minimum atomic E-state index is 0.0265. The van der Waals surface area contributed by atoms with Crippen LogP contribution in [0.25, 0.3) is 0 Å². The van der Waals surface area contributed by atoms with Gasteiger partial charge in [0.2, 0.25) is 0 Å². The maximum atomic E-state index is 12.2. The van der Waals surface area contributed by atoms with Crippen LogP contribution in [0.4, 0.5) is 0 Å². The molecular weight excluding hydrogens is 324 g/mol. The van der Waals surface area contributed by atoms with Gasteiger partial charge in [0.25, 0.3) is 5.91 Å². The quantitative estimate of drug-likeness (QED) is 0.775. The van der Waals surface area contributed by atoms with Crippen LogP contribution in [-0.2, 0) is 4.74 Å². The van der Waals surface area contributed by atoms with Crippen LogP contribution in [0.15, 0.2) is 54.6 Å². The van der Waals surface area contributed by atoms with Gasteiger partial charge in [-0.05, 0) is 43.5 Å². The summed E-state index contributed by atoms with van der Waals surface area (Å²) in [5.41, 5.74) is 3.04. The summed E-state index contributed by atoms with van der Waals surface area (Å²) in [4.78, 5) is 14.7. The Morgan fingerprint density at radius 2 is 1.88 bits per heavy atom. The van der Waals surface area contributed by atoms with Crippen molar-refractivity contribution in [2.75, 3.05) is 32.8 Å². The van der Waals surface area contributed by atoms with Crippen molar-refractivity contribution < 1.29 is 9.53 Å². The maximum absolute atomic E-state index is 12.2. The van der Waals surface area contributed by atoms with Gasteiger partial charge in [-0.3, -0.25) is 9.69 Å². The van der Waals surface area contributed by atoms with Crippen LogP contribution in [-0.4, -0.2) is 43.6 Å². The lowest BCUT2D eigenvalue weighted by Crippen LogP contribution is -2.39. The van der Waals surface area contributed by atoms with E-state index in [4.69, 9.17) is 4.74 Å².